The summed E-state index contributed by atoms with van der Waals surface area (Å²) in [4.78, 5) is 22.6. The molecule has 0 spiro atoms. The Labute approximate surface area is 89.5 Å². The number of fused-ring (bicyclic) bond motifs is 2. The van der Waals surface area contributed by atoms with Crippen LogP contribution in [0.25, 0.3) is 0 Å². The number of allylic oxidation sites excluding steroid dienone is 1. The zero-order valence-corrected chi connectivity index (χ0v) is 8.99. The molecule has 0 aliphatic heterocycles. The maximum Gasteiger partial charge on any atom is 0.316 e. The van der Waals surface area contributed by atoms with E-state index in [0.29, 0.717) is 5.92 Å². The molecule has 3 heteroatoms. The first kappa shape index (κ1) is 10.4. The maximum absolute atomic E-state index is 11.9. The van der Waals surface area contributed by atoms with E-state index in [9.17, 15) is 9.59 Å². The van der Waals surface area contributed by atoms with Crippen LogP contribution in [-0.2, 0) is 14.3 Å². The summed E-state index contributed by atoms with van der Waals surface area (Å²) in [5, 5.41) is 0. The first-order valence-electron chi connectivity index (χ1n) is 5.48. The lowest BCUT2D eigenvalue weighted by Gasteiger charge is -2.39. The molecular weight excluding hydrogens is 192 g/mol. The van der Waals surface area contributed by atoms with Gasteiger partial charge in [0, 0.05) is 0 Å². The quantitative estimate of drug-likeness (QED) is 0.525. The van der Waals surface area contributed by atoms with Crippen molar-refractivity contribution in [3.8, 4) is 0 Å². The molecule has 0 heterocycles. The fraction of sp³-hybridized carbons (Fsp3) is 0.667. The molecule has 0 aromatic carbocycles. The summed E-state index contributed by atoms with van der Waals surface area (Å²) in [6, 6.07) is 0. The van der Waals surface area contributed by atoms with Crippen molar-refractivity contribution in [1.82, 2.24) is 0 Å². The number of ketones is 1. The number of carbonyl (C=O) groups excluding carboxylic acids is 2. The maximum atomic E-state index is 11.9. The van der Waals surface area contributed by atoms with E-state index in [-0.39, 0.29) is 18.4 Å². The fourth-order valence-electron chi connectivity index (χ4n) is 2.42. The van der Waals surface area contributed by atoms with Gasteiger partial charge in [0.05, 0.1) is 5.41 Å². The second kappa shape index (κ2) is 3.80. The number of esters is 1. The highest BCUT2D eigenvalue weighted by molar-refractivity contribution is 5.84. The van der Waals surface area contributed by atoms with Gasteiger partial charge in [-0.25, -0.2) is 0 Å². The number of Topliss-reactive ketones (excluding diaryl/α,β-unsaturated/α-hetero) is 1. The summed E-state index contributed by atoms with van der Waals surface area (Å²) >= 11 is 0. The highest BCUT2D eigenvalue weighted by atomic mass is 16.5. The van der Waals surface area contributed by atoms with Crippen LogP contribution in [0.15, 0.2) is 12.2 Å². The van der Waals surface area contributed by atoms with Crippen LogP contribution in [0.2, 0.25) is 0 Å². The SMILES string of the molecule is CC(=O)COC(=O)C12C=CC(CC1)CC2. The van der Waals surface area contributed by atoms with Gasteiger partial charge in [-0.1, -0.05) is 12.2 Å². The standard InChI is InChI=1S/C12H16O3/c1-9(13)8-15-11(14)12-5-2-10(3-6-12)4-7-12/h2,5,10H,3-4,6-8H2,1H3. The zero-order chi connectivity index (χ0) is 10.9. The Morgan fingerprint density at radius 3 is 2.53 bits per heavy atom. The molecule has 82 valence electrons. The largest absolute Gasteiger partial charge is 0.457 e. The van der Waals surface area contributed by atoms with Gasteiger partial charge in [-0.2, -0.15) is 0 Å². The van der Waals surface area contributed by atoms with Gasteiger partial charge in [0.25, 0.3) is 0 Å². The molecule has 0 aromatic heterocycles. The normalized spacial score (nSPS) is 32.7. The van der Waals surface area contributed by atoms with Crippen LogP contribution in [0.5, 0.6) is 0 Å². The number of carbonyl (C=O) groups is 2. The molecule has 0 saturated heterocycles. The van der Waals surface area contributed by atoms with Gasteiger partial charge < -0.3 is 4.74 Å². The Bertz CT molecular complexity index is 309. The lowest BCUT2D eigenvalue weighted by molar-refractivity contribution is -0.158. The Kier molecular flexibility index (Phi) is 2.63. The molecule has 0 atom stereocenters. The molecule has 2 bridgehead atoms. The number of hydrogen-bond acceptors (Lipinski definition) is 3. The Morgan fingerprint density at radius 2 is 2.07 bits per heavy atom. The number of rotatable bonds is 3. The van der Waals surface area contributed by atoms with E-state index in [1.54, 1.807) is 0 Å². The summed E-state index contributed by atoms with van der Waals surface area (Å²) in [7, 11) is 0. The van der Waals surface area contributed by atoms with Crippen molar-refractivity contribution in [2.24, 2.45) is 11.3 Å². The van der Waals surface area contributed by atoms with Crippen molar-refractivity contribution in [1.29, 1.82) is 0 Å². The van der Waals surface area contributed by atoms with Gasteiger partial charge in [-0.05, 0) is 38.5 Å². The molecule has 3 nitrogen and oxygen atoms in total. The van der Waals surface area contributed by atoms with Crippen LogP contribution >= 0.6 is 0 Å². The van der Waals surface area contributed by atoms with Crippen LogP contribution in [0.4, 0.5) is 0 Å². The molecule has 1 saturated carbocycles. The molecule has 1 fully saturated rings. The molecule has 0 aromatic rings. The molecule has 0 N–H and O–H groups in total. The molecule has 0 unspecified atom stereocenters. The third-order valence-electron chi connectivity index (χ3n) is 3.42. The van der Waals surface area contributed by atoms with Gasteiger partial charge in [-0.3, -0.25) is 9.59 Å². The second-order valence-electron chi connectivity index (χ2n) is 4.63. The molecule has 3 aliphatic carbocycles. The van der Waals surface area contributed by atoms with Crippen molar-refractivity contribution in [3.63, 3.8) is 0 Å². The van der Waals surface area contributed by atoms with Crippen LogP contribution in [0.1, 0.15) is 32.6 Å². The monoisotopic (exact) mass is 208 g/mol. The summed E-state index contributed by atoms with van der Waals surface area (Å²) < 4.78 is 5.02. The molecular formula is C12H16O3. The third kappa shape index (κ3) is 1.96. The second-order valence-corrected chi connectivity index (χ2v) is 4.63. The van der Waals surface area contributed by atoms with E-state index in [1.165, 1.54) is 6.92 Å². The Balaban J connectivity index is 2.02. The predicted molar refractivity (Wildman–Crippen MR) is 55.2 cm³/mol. The van der Waals surface area contributed by atoms with Crippen molar-refractivity contribution in [2.75, 3.05) is 6.61 Å². The van der Waals surface area contributed by atoms with Crippen LogP contribution in [0.3, 0.4) is 0 Å². The summed E-state index contributed by atoms with van der Waals surface area (Å²) in [5.74, 6) is 0.341. The van der Waals surface area contributed by atoms with E-state index in [1.807, 2.05) is 6.08 Å². The minimum absolute atomic E-state index is 0.0855. The summed E-state index contributed by atoms with van der Waals surface area (Å²) in [5.41, 5.74) is -0.412. The summed E-state index contributed by atoms with van der Waals surface area (Å²) in [6.45, 7) is 1.34. The highest BCUT2D eigenvalue weighted by Gasteiger charge is 2.43. The van der Waals surface area contributed by atoms with Gasteiger partial charge in [0.2, 0.25) is 0 Å². The fourth-order valence-corrected chi connectivity index (χ4v) is 2.42. The van der Waals surface area contributed by atoms with E-state index in [4.69, 9.17) is 4.74 Å². The van der Waals surface area contributed by atoms with E-state index in [2.05, 4.69) is 6.08 Å². The zero-order valence-electron chi connectivity index (χ0n) is 8.99. The molecule has 15 heavy (non-hydrogen) atoms. The minimum atomic E-state index is -0.412. The van der Waals surface area contributed by atoms with Crippen molar-refractivity contribution < 1.29 is 14.3 Å². The predicted octanol–water partition coefficient (Wildman–Crippen LogP) is 1.86. The van der Waals surface area contributed by atoms with Gasteiger partial charge in [0.1, 0.15) is 6.61 Å². The first-order valence-corrected chi connectivity index (χ1v) is 5.48. The number of hydrogen-bond donors (Lipinski definition) is 0. The lowest BCUT2D eigenvalue weighted by Crippen LogP contribution is -2.38. The average Bonchev–Trinajstić information content (AvgIpc) is 2.28. The molecule has 3 aliphatic rings. The summed E-state index contributed by atoms with van der Waals surface area (Å²) in [6.07, 6.45) is 8.03. The third-order valence-corrected chi connectivity index (χ3v) is 3.42. The lowest BCUT2D eigenvalue weighted by atomic mass is 9.65. The highest BCUT2D eigenvalue weighted by Crippen LogP contribution is 2.46. The molecule has 3 rings (SSSR count). The van der Waals surface area contributed by atoms with Gasteiger partial charge >= 0.3 is 5.97 Å². The van der Waals surface area contributed by atoms with Crippen LogP contribution in [-0.4, -0.2) is 18.4 Å². The Morgan fingerprint density at radius 1 is 1.40 bits per heavy atom. The molecule has 0 radical (unpaired) electrons. The average molecular weight is 208 g/mol. The Hall–Kier alpha value is -1.12. The van der Waals surface area contributed by atoms with Crippen molar-refractivity contribution in [2.45, 2.75) is 32.6 Å². The van der Waals surface area contributed by atoms with E-state index < -0.39 is 5.41 Å². The minimum Gasteiger partial charge on any atom is -0.457 e. The van der Waals surface area contributed by atoms with Crippen LogP contribution in [0, 0.1) is 11.3 Å². The van der Waals surface area contributed by atoms with E-state index >= 15 is 0 Å². The number of ether oxygens (including phenoxy) is 1. The van der Waals surface area contributed by atoms with Crippen molar-refractivity contribution in [3.05, 3.63) is 12.2 Å². The van der Waals surface area contributed by atoms with Gasteiger partial charge in [0.15, 0.2) is 5.78 Å². The van der Waals surface area contributed by atoms with Gasteiger partial charge in [-0.15, -0.1) is 0 Å². The first-order chi connectivity index (χ1) is 7.12. The van der Waals surface area contributed by atoms with Crippen LogP contribution < -0.4 is 0 Å². The molecule has 0 amide bonds. The topological polar surface area (TPSA) is 43.4 Å². The van der Waals surface area contributed by atoms with E-state index in [0.717, 1.165) is 25.7 Å². The van der Waals surface area contributed by atoms with Crippen molar-refractivity contribution >= 4 is 11.8 Å². The smallest absolute Gasteiger partial charge is 0.316 e.